The molecule has 30 heavy (non-hydrogen) atoms. The zero-order valence-corrected chi connectivity index (χ0v) is 17.4. The number of rotatable bonds is 6. The van der Waals surface area contributed by atoms with Crippen LogP contribution in [0.3, 0.4) is 0 Å². The van der Waals surface area contributed by atoms with E-state index in [1.807, 2.05) is 30.3 Å². The summed E-state index contributed by atoms with van der Waals surface area (Å²) in [6.07, 6.45) is 9.65. The van der Waals surface area contributed by atoms with E-state index in [1.165, 1.54) is 23.3 Å². The standard InChI is InChI=1S/C23H23N5OS/c29-16(12-15-6-2-1-3-7-15)13-26-22-20-17-8-4-5-9-19(17)30-23(20)28-21(27-22)18-14-24-10-11-25-18/h1-3,6-7,10-11,14,16,29H,4-5,8-9,12-13H2,(H,26,27,28). The van der Waals surface area contributed by atoms with Crippen molar-refractivity contribution >= 4 is 27.4 Å². The van der Waals surface area contributed by atoms with Crippen LogP contribution >= 0.6 is 11.3 Å². The number of aliphatic hydroxyl groups is 1. The lowest BCUT2D eigenvalue weighted by molar-refractivity contribution is 0.188. The first-order valence-electron chi connectivity index (χ1n) is 10.3. The summed E-state index contributed by atoms with van der Waals surface area (Å²) in [6.45, 7) is 0.422. The number of fused-ring (bicyclic) bond motifs is 3. The third kappa shape index (κ3) is 3.91. The predicted octanol–water partition coefficient (Wildman–Crippen LogP) is 4.04. The van der Waals surface area contributed by atoms with E-state index < -0.39 is 6.10 Å². The number of aryl methyl sites for hydroxylation is 2. The van der Waals surface area contributed by atoms with E-state index in [0.717, 1.165) is 34.4 Å². The lowest BCUT2D eigenvalue weighted by Gasteiger charge is -2.15. The van der Waals surface area contributed by atoms with E-state index in [0.29, 0.717) is 24.5 Å². The third-order valence-electron chi connectivity index (χ3n) is 5.43. The molecule has 1 aliphatic carbocycles. The summed E-state index contributed by atoms with van der Waals surface area (Å²) in [4.78, 5) is 20.5. The van der Waals surface area contributed by atoms with Gasteiger partial charge in [-0.15, -0.1) is 11.3 Å². The van der Waals surface area contributed by atoms with Crippen molar-refractivity contribution in [1.29, 1.82) is 0 Å². The average Bonchev–Trinajstić information content (AvgIpc) is 3.17. The van der Waals surface area contributed by atoms with Gasteiger partial charge in [0.05, 0.1) is 17.7 Å². The molecule has 0 bridgehead atoms. The molecule has 0 radical (unpaired) electrons. The average molecular weight is 418 g/mol. The Labute approximate surface area is 179 Å². The van der Waals surface area contributed by atoms with Gasteiger partial charge in [-0.05, 0) is 36.8 Å². The molecule has 2 N–H and O–H groups in total. The van der Waals surface area contributed by atoms with Crippen LogP contribution in [0.25, 0.3) is 21.7 Å². The lowest BCUT2D eigenvalue weighted by atomic mass is 9.97. The summed E-state index contributed by atoms with van der Waals surface area (Å²) in [5, 5.41) is 15.1. The largest absolute Gasteiger partial charge is 0.391 e. The van der Waals surface area contributed by atoms with Crippen LogP contribution < -0.4 is 5.32 Å². The molecule has 0 spiro atoms. The van der Waals surface area contributed by atoms with Crippen LogP contribution in [0.2, 0.25) is 0 Å². The summed E-state index contributed by atoms with van der Waals surface area (Å²) in [5.74, 6) is 1.35. The number of benzene rings is 1. The van der Waals surface area contributed by atoms with Crippen molar-refractivity contribution < 1.29 is 5.11 Å². The van der Waals surface area contributed by atoms with Crippen LogP contribution in [0.1, 0.15) is 28.8 Å². The van der Waals surface area contributed by atoms with Gasteiger partial charge in [-0.2, -0.15) is 0 Å². The van der Waals surface area contributed by atoms with Gasteiger partial charge in [-0.3, -0.25) is 4.98 Å². The first-order chi connectivity index (χ1) is 14.8. The van der Waals surface area contributed by atoms with Crippen LogP contribution in [0.15, 0.2) is 48.9 Å². The SMILES string of the molecule is OC(CNc1nc(-c2cnccn2)nc2sc3c(c12)CCCC3)Cc1ccccc1. The van der Waals surface area contributed by atoms with Crippen LogP contribution in [0, 0.1) is 0 Å². The fourth-order valence-electron chi connectivity index (χ4n) is 3.99. The van der Waals surface area contributed by atoms with Gasteiger partial charge in [0.15, 0.2) is 5.82 Å². The molecular weight excluding hydrogens is 394 g/mol. The minimum absolute atomic E-state index is 0.422. The molecule has 5 rings (SSSR count). The molecule has 3 heterocycles. The summed E-state index contributed by atoms with van der Waals surface area (Å²) < 4.78 is 0. The van der Waals surface area contributed by atoms with Gasteiger partial charge in [-0.1, -0.05) is 30.3 Å². The van der Waals surface area contributed by atoms with E-state index in [9.17, 15) is 5.11 Å². The molecule has 0 saturated heterocycles. The van der Waals surface area contributed by atoms with E-state index in [2.05, 4.69) is 15.3 Å². The van der Waals surface area contributed by atoms with Gasteiger partial charge in [-0.25, -0.2) is 15.0 Å². The first kappa shape index (κ1) is 19.1. The summed E-state index contributed by atoms with van der Waals surface area (Å²) in [6, 6.07) is 10.0. The van der Waals surface area contributed by atoms with Crippen LogP contribution in [-0.2, 0) is 19.3 Å². The van der Waals surface area contributed by atoms with Gasteiger partial charge in [0.25, 0.3) is 0 Å². The Balaban J connectivity index is 1.48. The quantitative estimate of drug-likeness (QED) is 0.493. The molecular formula is C23H23N5OS. The summed E-state index contributed by atoms with van der Waals surface area (Å²) >= 11 is 1.76. The maximum absolute atomic E-state index is 10.6. The molecule has 0 saturated carbocycles. The number of thiophene rings is 1. The van der Waals surface area contributed by atoms with Crippen molar-refractivity contribution in [3.63, 3.8) is 0 Å². The number of anilines is 1. The number of aliphatic hydroxyl groups excluding tert-OH is 1. The second kappa shape index (κ2) is 8.45. The van der Waals surface area contributed by atoms with Crippen LogP contribution in [0.5, 0.6) is 0 Å². The summed E-state index contributed by atoms with van der Waals surface area (Å²) in [7, 11) is 0. The highest BCUT2D eigenvalue weighted by atomic mass is 32.1. The van der Waals surface area contributed by atoms with Gasteiger partial charge < -0.3 is 10.4 Å². The van der Waals surface area contributed by atoms with Crippen molar-refractivity contribution in [2.75, 3.05) is 11.9 Å². The van der Waals surface area contributed by atoms with Crippen LogP contribution in [0.4, 0.5) is 5.82 Å². The molecule has 3 aromatic heterocycles. The monoisotopic (exact) mass is 417 g/mol. The first-order valence-corrected chi connectivity index (χ1v) is 11.1. The van der Waals surface area contributed by atoms with Gasteiger partial charge in [0.2, 0.25) is 0 Å². The topological polar surface area (TPSA) is 83.8 Å². The Hall–Kier alpha value is -2.90. The summed E-state index contributed by atoms with van der Waals surface area (Å²) in [5.41, 5.74) is 3.14. The Kier molecular flexibility index (Phi) is 5.38. The highest BCUT2D eigenvalue weighted by Gasteiger charge is 2.22. The maximum atomic E-state index is 10.6. The second-order valence-corrected chi connectivity index (χ2v) is 8.69. The third-order valence-corrected chi connectivity index (χ3v) is 6.61. The molecule has 6 nitrogen and oxygen atoms in total. The van der Waals surface area contributed by atoms with Crippen molar-refractivity contribution in [1.82, 2.24) is 19.9 Å². The zero-order valence-electron chi connectivity index (χ0n) is 16.6. The van der Waals surface area contributed by atoms with E-state index in [-0.39, 0.29) is 0 Å². The minimum Gasteiger partial charge on any atom is -0.391 e. The number of hydrogen-bond donors (Lipinski definition) is 2. The number of nitrogens with zero attached hydrogens (tertiary/aromatic N) is 4. The van der Waals surface area contributed by atoms with E-state index in [4.69, 9.17) is 9.97 Å². The molecule has 1 aliphatic rings. The molecule has 1 unspecified atom stereocenters. The molecule has 152 valence electrons. The lowest BCUT2D eigenvalue weighted by Crippen LogP contribution is -2.22. The second-order valence-electron chi connectivity index (χ2n) is 7.60. The predicted molar refractivity (Wildman–Crippen MR) is 120 cm³/mol. The van der Waals surface area contributed by atoms with Crippen molar-refractivity contribution in [3.8, 4) is 11.5 Å². The number of hydrogen-bond acceptors (Lipinski definition) is 7. The number of nitrogens with one attached hydrogen (secondary N) is 1. The maximum Gasteiger partial charge on any atom is 0.183 e. The molecule has 0 aliphatic heterocycles. The van der Waals surface area contributed by atoms with Crippen LogP contribution in [-0.4, -0.2) is 37.7 Å². The van der Waals surface area contributed by atoms with Gasteiger partial charge in [0.1, 0.15) is 16.3 Å². The molecule has 7 heteroatoms. The smallest absolute Gasteiger partial charge is 0.183 e. The van der Waals surface area contributed by atoms with Crippen molar-refractivity contribution in [2.45, 2.75) is 38.2 Å². The van der Waals surface area contributed by atoms with Crippen molar-refractivity contribution in [2.24, 2.45) is 0 Å². The highest BCUT2D eigenvalue weighted by molar-refractivity contribution is 7.19. The molecule has 0 fully saturated rings. The number of aromatic nitrogens is 4. The van der Waals surface area contributed by atoms with E-state index >= 15 is 0 Å². The normalized spacial score (nSPS) is 14.4. The Morgan fingerprint density at radius 2 is 1.93 bits per heavy atom. The Morgan fingerprint density at radius 3 is 2.77 bits per heavy atom. The van der Waals surface area contributed by atoms with Crippen molar-refractivity contribution in [3.05, 3.63) is 64.9 Å². The molecule has 1 atom stereocenters. The minimum atomic E-state index is -0.508. The highest BCUT2D eigenvalue weighted by Crippen LogP contribution is 2.39. The fraction of sp³-hybridized carbons (Fsp3) is 0.304. The Morgan fingerprint density at radius 1 is 1.07 bits per heavy atom. The van der Waals surface area contributed by atoms with Gasteiger partial charge in [0, 0.05) is 30.2 Å². The fourth-order valence-corrected chi connectivity index (χ4v) is 5.25. The molecule has 4 aromatic rings. The molecule has 0 amide bonds. The van der Waals surface area contributed by atoms with E-state index in [1.54, 1.807) is 29.9 Å². The zero-order chi connectivity index (χ0) is 20.3. The molecule has 1 aromatic carbocycles. The Bertz CT molecular complexity index is 1150. The van der Waals surface area contributed by atoms with Gasteiger partial charge >= 0.3 is 0 Å².